The lowest BCUT2D eigenvalue weighted by molar-refractivity contribution is -0.305. The van der Waals surface area contributed by atoms with E-state index in [2.05, 4.69) is 74.7 Å². The Morgan fingerprint density at radius 1 is 0.438 bits per heavy atom. The molecular weight excluding hydrogens is 1110 g/mol. The predicted molar refractivity (Wildman–Crippen MR) is 375 cm³/mol. The second-order valence-electron chi connectivity index (χ2n) is 26.4. The zero-order valence-electron chi connectivity index (χ0n) is 58.1. The highest BCUT2D eigenvalue weighted by molar-refractivity contribution is 5.80. The van der Waals surface area contributed by atoms with Crippen LogP contribution in [0.2, 0.25) is 0 Å². The minimum absolute atomic E-state index is 0.125. The Labute approximate surface area is 548 Å². The Hall–Kier alpha value is -2.64. The van der Waals surface area contributed by atoms with E-state index in [1.54, 1.807) is 6.08 Å². The average molecular weight is 1250 g/mol. The first-order valence-electron chi connectivity index (χ1n) is 38.1. The highest BCUT2D eigenvalue weighted by atomic mass is 16.7. The number of carbonyl (C=O) groups excluding carboxylic acids is 2. The fourth-order valence-electron chi connectivity index (χ4n) is 11.9. The fourth-order valence-corrected chi connectivity index (χ4v) is 11.9. The van der Waals surface area contributed by atoms with E-state index >= 15 is 0 Å². The maximum absolute atomic E-state index is 13.5. The van der Waals surface area contributed by atoms with Crippen molar-refractivity contribution in [1.82, 2.24) is 5.32 Å². The normalized spacial score (nSPS) is 18.4. The van der Waals surface area contributed by atoms with Crippen molar-refractivity contribution in [2.75, 3.05) is 13.2 Å². The van der Waals surface area contributed by atoms with Gasteiger partial charge in [0.15, 0.2) is 12.4 Å². The maximum Gasteiger partial charge on any atom is 0.306 e. The Morgan fingerprint density at radius 3 is 1.17 bits per heavy atom. The highest BCUT2D eigenvalue weighted by Gasteiger charge is 2.47. The van der Waals surface area contributed by atoms with Gasteiger partial charge in [-0.2, -0.15) is 0 Å². The number of aliphatic hydroxyl groups is 5. The van der Waals surface area contributed by atoms with Crippen molar-refractivity contribution < 1.29 is 49.3 Å². The zero-order chi connectivity index (χ0) is 64.6. The smallest absolute Gasteiger partial charge is 0.306 e. The molecule has 0 bridgehead atoms. The summed E-state index contributed by atoms with van der Waals surface area (Å²) in [4.78, 5) is 26.7. The van der Waals surface area contributed by atoms with Gasteiger partial charge in [0.05, 0.1) is 25.4 Å². The van der Waals surface area contributed by atoms with Crippen LogP contribution < -0.4 is 5.32 Å². The minimum Gasteiger partial charge on any atom is -0.454 e. The standard InChI is InChI=1S/C78H143NO10/c1-4-7-10-13-16-19-22-25-27-29-31-33-35-36-37-39-41-43-45-48-51-54-57-60-63-66-73(83)89-76-75(85)74(84)72(67-80)88-78(76)87-68-69(70(81)64-61-58-55-52-49-46-24-21-18-15-12-9-6-3)79-77(86)71(82)65-62-59-56-53-50-47-44-42-40-38-34-32-30-28-26-23-20-17-14-11-8-5-2/h16-17,19-20,25-28,61,64,69-72,74-76,78,80-82,84-85H,4-15,18,21-24,29-60,62-63,65-68H2,1-3H3,(H,79,86)/b19-16-,20-17-,27-25-,28-26-,64-61+. The number of ether oxygens (including phenoxy) is 3. The van der Waals surface area contributed by atoms with Gasteiger partial charge in [-0.1, -0.05) is 326 Å². The summed E-state index contributed by atoms with van der Waals surface area (Å²) in [5.74, 6) is -1.18. The average Bonchev–Trinajstić information content (AvgIpc) is 1.80. The first kappa shape index (κ1) is 84.4. The van der Waals surface area contributed by atoms with Crippen molar-refractivity contribution in [2.24, 2.45) is 0 Å². The molecule has 8 atom stereocenters. The van der Waals surface area contributed by atoms with Gasteiger partial charge in [-0.3, -0.25) is 9.59 Å². The summed E-state index contributed by atoms with van der Waals surface area (Å²) in [5.41, 5.74) is 0. The van der Waals surface area contributed by atoms with Crippen molar-refractivity contribution in [3.8, 4) is 0 Å². The molecule has 8 unspecified atom stereocenters. The number of hydrogen-bond acceptors (Lipinski definition) is 10. The van der Waals surface area contributed by atoms with Gasteiger partial charge in [-0.05, 0) is 89.9 Å². The number of allylic oxidation sites excluding steroid dienone is 9. The Morgan fingerprint density at radius 2 is 0.775 bits per heavy atom. The molecule has 0 spiro atoms. The molecule has 0 aromatic carbocycles. The van der Waals surface area contributed by atoms with Crippen LogP contribution in [-0.2, 0) is 23.8 Å². The second-order valence-corrected chi connectivity index (χ2v) is 26.4. The number of esters is 1. The van der Waals surface area contributed by atoms with Crippen LogP contribution in [0, 0.1) is 0 Å². The molecule has 1 aliphatic rings. The first-order chi connectivity index (χ1) is 43.7. The lowest BCUT2D eigenvalue weighted by Gasteiger charge is -2.41. The zero-order valence-corrected chi connectivity index (χ0v) is 58.1. The summed E-state index contributed by atoms with van der Waals surface area (Å²) in [6.45, 7) is 5.80. The molecule has 6 N–H and O–H groups in total. The van der Waals surface area contributed by atoms with Crippen LogP contribution in [-0.4, -0.2) is 99.6 Å². The molecule has 11 nitrogen and oxygen atoms in total. The molecule has 520 valence electrons. The molecule has 1 aliphatic heterocycles. The number of aliphatic hydroxyl groups excluding tert-OH is 5. The summed E-state index contributed by atoms with van der Waals surface area (Å²) in [7, 11) is 0. The molecular formula is C78H143NO10. The van der Waals surface area contributed by atoms with E-state index in [0.29, 0.717) is 19.3 Å². The van der Waals surface area contributed by atoms with Crippen LogP contribution in [0.15, 0.2) is 60.8 Å². The molecule has 1 heterocycles. The van der Waals surface area contributed by atoms with E-state index in [4.69, 9.17) is 14.2 Å². The number of carbonyl (C=O) groups is 2. The highest BCUT2D eigenvalue weighted by Crippen LogP contribution is 2.27. The van der Waals surface area contributed by atoms with E-state index in [9.17, 15) is 35.1 Å². The largest absolute Gasteiger partial charge is 0.454 e. The third-order valence-corrected chi connectivity index (χ3v) is 17.9. The van der Waals surface area contributed by atoms with Crippen LogP contribution in [0.4, 0.5) is 0 Å². The van der Waals surface area contributed by atoms with E-state index in [1.807, 2.05) is 6.08 Å². The third kappa shape index (κ3) is 52.4. The Bertz CT molecular complexity index is 1680. The van der Waals surface area contributed by atoms with Crippen molar-refractivity contribution in [1.29, 1.82) is 0 Å². The van der Waals surface area contributed by atoms with Gasteiger partial charge >= 0.3 is 5.97 Å². The van der Waals surface area contributed by atoms with Gasteiger partial charge in [-0.25, -0.2) is 0 Å². The van der Waals surface area contributed by atoms with Crippen LogP contribution in [0.5, 0.6) is 0 Å². The summed E-state index contributed by atoms with van der Waals surface area (Å²) >= 11 is 0. The van der Waals surface area contributed by atoms with Gasteiger partial charge in [0, 0.05) is 6.42 Å². The number of amides is 1. The summed E-state index contributed by atoms with van der Waals surface area (Å²) < 4.78 is 17.7. The van der Waals surface area contributed by atoms with Crippen molar-refractivity contribution >= 4 is 11.9 Å². The third-order valence-electron chi connectivity index (χ3n) is 17.9. The SMILES string of the molecule is CCCCC/C=C\C/C=C\CCCCCCCCCCCCCCCCCC(=O)OC1C(OCC(NC(=O)C(O)CCCCCCCCCCCCCC/C=C\C/C=C\CCCCC)C(O)/C=C/CCCCCCCCCCCCC)OC(CO)C(O)C1O. The lowest BCUT2D eigenvalue weighted by atomic mass is 9.99. The number of nitrogens with one attached hydrogen (secondary N) is 1. The topological polar surface area (TPSA) is 175 Å². The van der Waals surface area contributed by atoms with Crippen molar-refractivity contribution in [3.05, 3.63) is 60.8 Å². The Kier molecular flexibility index (Phi) is 62.0. The fraction of sp³-hybridized carbons (Fsp3) is 0.846. The van der Waals surface area contributed by atoms with Gasteiger partial charge in [-0.15, -0.1) is 0 Å². The molecule has 0 saturated carbocycles. The summed E-state index contributed by atoms with van der Waals surface area (Å²) in [6, 6.07) is -1.03. The molecule has 0 aliphatic carbocycles. The quantitative estimate of drug-likeness (QED) is 0.0195. The van der Waals surface area contributed by atoms with Crippen LogP contribution in [0.25, 0.3) is 0 Å². The lowest BCUT2D eigenvalue weighted by Crippen LogP contribution is -2.61. The molecule has 0 aromatic heterocycles. The molecule has 11 heteroatoms. The van der Waals surface area contributed by atoms with Gasteiger partial charge in [0.25, 0.3) is 0 Å². The van der Waals surface area contributed by atoms with E-state index in [1.165, 1.54) is 244 Å². The molecule has 1 saturated heterocycles. The number of hydrogen-bond donors (Lipinski definition) is 6. The van der Waals surface area contributed by atoms with Gasteiger partial charge in [0.1, 0.15) is 24.4 Å². The van der Waals surface area contributed by atoms with E-state index < -0.39 is 67.4 Å². The number of unbranched alkanes of at least 4 members (excludes halogenated alkanes) is 44. The molecule has 0 aromatic rings. The van der Waals surface area contributed by atoms with E-state index in [-0.39, 0.29) is 13.0 Å². The predicted octanol–water partition coefficient (Wildman–Crippen LogP) is 20.1. The first-order valence-corrected chi connectivity index (χ1v) is 38.1. The van der Waals surface area contributed by atoms with Crippen LogP contribution >= 0.6 is 0 Å². The second kappa shape index (κ2) is 65.4. The molecule has 0 radical (unpaired) electrons. The maximum atomic E-state index is 13.5. The summed E-state index contributed by atoms with van der Waals surface area (Å²) in [5, 5.41) is 57.4. The van der Waals surface area contributed by atoms with E-state index in [0.717, 1.165) is 70.6 Å². The summed E-state index contributed by atoms with van der Waals surface area (Å²) in [6.07, 6.45) is 74.0. The molecule has 89 heavy (non-hydrogen) atoms. The molecule has 1 amide bonds. The van der Waals surface area contributed by atoms with Crippen molar-refractivity contribution in [3.63, 3.8) is 0 Å². The number of rotatable bonds is 66. The monoisotopic (exact) mass is 1250 g/mol. The molecule has 1 fully saturated rings. The van der Waals surface area contributed by atoms with Gasteiger partial charge in [0.2, 0.25) is 5.91 Å². The van der Waals surface area contributed by atoms with Crippen LogP contribution in [0.3, 0.4) is 0 Å². The van der Waals surface area contributed by atoms with Gasteiger partial charge < -0.3 is 45.1 Å². The minimum atomic E-state index is -1.61. The van der Waals surface area contributed by atoms with Crippen molar-refractivity contribution in [2.45, 2.75) is 410 Å². The van der Waals surface area contributed by atoms with Crippen LogP contribution in [0.1, 0.15) is 361 Å². The Balaban J connectivity index is 2.54. The molecule has 1 rings (SSSR count).